The van der Waals surface area contributed by atoms with Gasteiger partial charge < -0.3 is 31.0 Å². The zero-order valence-electron chi connectivity index (χ0n) is 14.2. The maximum atomic E-state index is 5.32. The van der Waals surface area contributed by atoms with Crippen LogP contribution >= 0.6 is 0 Å². The Hall–Kier alpha value is -0.626. The van der Waals surface area contributed by atoms with Crippen molar-refractivity contribution in [2.45, 2.75) is 0 Å². The van der Waals surface area contributed by atoms with E-state index in [1.807, 2.05) is 30.3 Å². The van der Waals surface area contributed by atoms with Gasteiger partial charge in [-0.05, 0) is 0 Å². The predicted molar refractivity (Wildman–Crippen MR) is 86.6 cm³/mol. The van der Waals surface area contributed by atoms with Gasteiger partial charge in [-0.15, -0.1) is 0 Å². The summed E-state index contributed by atoms with van der Waals surface area (Å²) in [5, 5.41) is 0.975. The van der Waals surface area contributed by atoms with Gasteiger partial charge in [0.05, 0.1) is 0 Å². The zero-order chi connectivity index (χ0) is 17.1. The Kier molecular flexibility index (Phi) is 10.7. The Bertz CT molecular complexity index is 357. The summed E-state index contributed by atoms with van der Waals surface area (Å²) in [5.41, 5.74) is 0. The van der Waals surface area contributed by atoms with Crippen molar-refractivity contribution in [1.82, 2.24) is 0 Å². The lowest BCUT2D eigenvalue weighted by molar-refractivity contribution is 0.0226. The van der Waals surface area contributed by atoms with Crippen LogP contribution in [0.2, 0.25) is 0 Å². The lowest BCUT2D eigenvalue weighted by atomic mass is 10.4. The topological polar surface area (TPSA) is 64.6 Å². The first-order valence-electron chi connectivity index (χ1n) is 6.45. The Morgan fingerprint density at radius 3 is 1.14 bits per heavy atom. The first kappa shape index (κ1) is 21.4. The lowest BCUT2D eigenvalue weighted by Crippen LogP contribution is -2.54. The molecule has 0 fully saturated rings. The summed E-state index contributed by atoms with van der Waals surface area (Å²) in [5.74, 6) is 0. The van der Waals surface area contributed by atoms with Crippen molar-refractivity contribution in [3.05, 3.63) is 30.3 Å². The molecule has 0 unspecified atom stereocenters. The van der Waals surface area contributed by atoms with Gasteiger partial charge in [-0.2, -0.15) is 0 Å². The number of hydrogen-bond acceptors (Lipinski definition) is 7. The van der Waals surface area contributed by atoms with Crippen molar-refractivity contribution in [2.24, 2.45) is 0 Å². The molecule has 0 spiro atoms. The van der Waals surface area contributed by atoms with Gasteiger partial charge in [0.1, 0.15) is 0 Å². The Labute approximate surface area is 134 Å². The summed E-state index contributed by atoms with van der Waals surface area (Å²) in [7, 11) is 5.48. The van der Waals surface area contributed by atoms with Crippen LogP contribution in [0.5, 0.6) is 0 Å². The molecule has 0 heterocycles. The van der Waals surface area contributed by atoms with Crippen molar-refractivity contribution < 1.29 is 31.0 Å². The summed E-state index contributed by atoms with van der Waals surface area (Å²) >= 11 is 0. The van der Waals surface area contributed by atoms with Crippen molar-refractivity contribution in [1.29, 1.82) is 0 Å². The summed E-state index contributed by atoms with van der Waals surface area (Å²) in [6.45, 7) is 0. The maximum absolute atomic E-state index is 5.32. The molecule has 0 aromatic heterocycles. The summed E-state index contributed by atoms with van der Waals surface area (Å²) < 4.78 is 35.4. The van der Waals surface area contributed by atoms with Gasteiger partial charge in [-0.1, -0.05) is 30.3 Å². The van der Waals surface area contributed by atoms with E-state index in [9.17, 15) is 0 Å². The molecule has 0 radical (unpaired) electrons. The fourth-order valence-corrected chi connectivity index (χ4v) is 4.55. The van der Waals surface area contributed by atoms with Crippen molar-refractivity contribution in [3.8, 4) is 0 Å². The maximum Gasteiger partial charge on any atom is 0.678 e. The van der Waals surface area contributed by atoms with E-state index in [2.05, 4.69) is 0 Å². The first-order valence-corrected chi connectivity index (χ1v) is 9.81. The Balaban J connectivity index is 0.000000433. The van der Waals surface area contributed by atoms with Crippen LogP contribution in [0.15, 0.2) is 30.3 Å². The molecule has 0 saturated carbocycles. The summed E-state index contributed by atoms with van der Waals surface area (Å²) in [6.07, 6.45) is 0. The zero-order valence-corrected chi connectivity index (χ0v) is 16.2. The average Bonchev–Trinajstić information content (AvgIpc) is 2.61. The largest absolute Gasteiger partial charge is 0.678 e. The monoisotopic (exact) mass is 350 g/mol. The second-order valence-electron chi connectivity index (χ2n) is 3.85. The molecule has 22 heavy (non-hydrogen) atoms. The fraction of sp³-hybridized carbons (Fsp3) is 0.538. The normalized spacial score (nSPS) is 11.8. The van der Waals surface area contributed by atoms with Gasteiger partial charge in [-0.3, -0.25) is 0 Å². The van der Waals surface area contributed by atoms with Crippen molar-refractivity contribution >= 4 is 23.0 Å². The van der Waals surface area contributed by atoms with E-state index in [-0.39, 0.29) is 0 Å². The predicted octanol–water partition coefficient (Wildman–Crippen LogP) is 0.779. The molecule has 1 rings (SSSR count). The van der Waals surface area contributed by atoms with Gasteiger partial charge in [0.2, 0.25) is 0 Å². The van der Waals surface area contributed by atoms with Crippen LogP contribution in [0.4, 0.5) is 0 Å². The molecular formula is C13H26O7Si2. The summed E-state index contributed by atoms with van der Waals surface area (Å²) in [6, 6.07) is 9.72. The number of rotatable bonds is 8. The van der Waals surface area contributed by atoms with Gasteiger partial charge in [0.25, 0.3) is 0 Å². The molecule has 9 heteroatoms. The quantitative estimate of drug-likeness (QED) is 0.642. The van der Waals surface area contributed by atoms with Crippen LogP contribution in [-0.2, 0) is 31.0 Å². The van der Waals surface area contributed by atoms with E-state index in [0.29, 0.717) is 0 Å². The van der Waals surface area contributed by atoms with E-state index >= 15 is 0 Å². The van der Waals surface area contributed by atoms with Crippen LogP contribution in [0.3, 0.4) is 0 Å². The molecule has 0 saturated heterocycles. The van der Waals surface area contributed by atoms with Crippen LogP contribution in [0, 0.1) is 0 Å². The molecule has 7 nitrogen and oxygen atoms in total. The molecule has 0 N–H and O–H groups in total. The van der Waals surface area contributed by atoms with Gasteiger partial charge in [0, 0.05) is 55.0 Å². The van der Waals surface area contributed by atoms with E-state index < -0.39 is 17.9 Å². The molecule has 0 atom stereocenters. The molecule has 1 aromatic carbocycles. The van der Waals surface area contributed by atoms with Crippen LogP contribution < -0.4 is 5.19 Å². The highest BCUT2D eigenvalue weighted by atomic mass is 28.4. The smallest absolute Gasteiger partial charge is 0.373 e. The molecule has 0 aliphatic heterocycles. The van der Waals surface area contributed by atoms with E-state index in [1.54, 1.807) is 21.3 Å². The molecule has 0 aliphatic carbocycles. The summed E-state index contributed by atoms with van der Waals surface area (Å²) in [4.78, 5) is 0. The van der Waals surface area contributed by atoms with Crippen LogP contribution in [-0.4, -0.2) is 67.6 Å². The number of hydrogen-bond donors (Lipinski definition) is 0. The van der Waals surface area contributed by atoms with Crippen LogP contribution in [0.1, 0.15) is 0 Å². The van der Waals surface area contributed by atoms with E-state index in [0.717, 1.165) is 5.19 Å². The minimum absolute atomic E-state index is 0.975. The minimum atomic E-state index is -2.69. The SMILES string of the molecule is CO[Si](OC)(OC)OC.CO[Si](OC)(OC)c1ccccc1. The minimum Gasteiger partial charge on any atom is -0.373 e. The van der Waals surface area contributed by atoms with E-state index in [4.69, 9.17) is 31.0 Å². The second kappa shape index (κ2) is 11.0. The molecule has 0 bridgehead atoms. The molecule has 0 amide bonds. The van der Waals surface area contributed by atoms with Crippen molar-refractivity contribution in [3.63, 3.8) is 0 Å². The first-order chi connectivity index (χ1) is 10.5. The highest BCUT2D eigenvalue weighted by Gasteiger charge is 2.41. The highest BCUT2D eigenvalue weighted by molar-refractivity contribution is 6.75. The third-order valence-corrected chi connectivity index (χ3v) is 7.59. The molecule has 128 valence electrons. The number of benzene rings is 1. The lowest BCUT2D eigenvalue weighted by Gasteiger charge is -2.24. The van der Waals surface area contributed by atoms with Crippen LogP contribution in [0.25, 0.3) is 0 Å². The van der Waals surface area contributed by atoms with E-state index in [1.165, 1.54) is 28.4 Å². The standard InChI is InChI=1S/C9H14O3Si.C4H12O4Si/c1-10-13(11-2,12-3)9-7-5-4-6-8-9;1-5-9(6-2,7-3)8-4/h4-8H,1-3H3;1-4H3. The second-order valence-corrected chi connectivity index (χ2v) is 9.40. The van der Waals surface area contributed by atoms with Gasteiger partial charge >= 0.3 is 17.9 Å². The molecule has 1 aromatic rings. The van der Waals surface area contributed by atoms with Gasteiger partial charge in [0.15, 0.2) is 0 Å². The van der Waals surface area contributed by atoms with Gasteiger partial charge in [-0.25, -0.2) is 0 Å². The highest BCUT2D eigenvalue weighted by Crippen LogP contribution is 2.06. The third kappa shape index (κ3) is 5.54. The average molecular weight is 351 g/mol. The Morgan fingerprint density at radius 1 is 0.545 bits per heavy atom. The van der Waals surface area contributed by atoms with Crippen molar-refractivity contribution in [2.75, 3.05) is 49.8 Å². The molecule has 0 aliphatic rings. The molecular weight excluding hydrogens is 324 g/mol. The Morgan fingerprint density at radius 2 is 0.909 bits per heavy atom. The fourth-order valence-electron chi connectivity index (χ4n) is 1.75. The third-order valence-electron chi connectivity index (χ3n) is 2.93.